The maximum Gasteiger partial charge on any atom is 0.389 e. The standard InChI is InChI=1S/C10H10BrF3N2O/c11-7-8(5-1-2-5)15-6(16-9(7)17)3-4-10(12,13)14/h5H,1-4H2,(H,15,16,17). The summed E-state index contributed by atoms with van der Waals surface area (Å²) >= 11 is 3.12. The van der Waals surface area contributed by atoms with Crippen LogP contribution in [-0.4, -0.2) is 16.1 Å². The molecule has 0 saturated heterocycles. The van der Waals surface area contributed by atoms with Gasteiger partial charge in [0.05, 0.1) is 12.1 Å². The lowest BCUT2D eigenvalue weighted by molar-refractivity contribution is -0.134. The van der Waals surface area contributed by atoms with E-state index in [0.717, 1.165) is 12.8 Å². The number of aryl methyl sites for hydroxylation is 1. The Morgan fingerprint density at radius 1 is 1.41 bits per heavy atom. The maximum absolute atomic E-state index is 12.1. The van der Waals surface area contributed by atoms with Gasteiger partial charge >= 0.3 is 6.18 Å². The molecule has 1 aliphatic rings. The lowest BCUT2D eigenvalue weighted by Gasteiger charge is -2.07. The number of hydrogen-bond acceptors (Lipinski definition) is 2. The second-order valence-electron chi connectivity index (χ2n) is 4.10. The summed E-state index contributed by atoms with van der Waals surface area (Å²) in [5, 5.41) is 0. The molecule has 0 radical (unpaired) electrons. The minimum atomic E-state index is -4.23. The molecule has 1 fully saturated rings. The van der Waals surface area contributed by atoms with E-state index in [1.807, 2.05) is 0 Å². The quantitative estimate of drug-likeness (QED) is 0.933. The van der Waals surface area contributed by atoms with Gasteiger partial charge in [0.25, 0.3) is 5.56 Å². The summed E-state index contributed by atoms with van der Waals surface area (Å²) < 4.78 is 36.5. The van der Waals surface area contributed by atoms with Gasteiger partial charge in [0.1, 0.15) is 10.3 Å². The lowest BCUT2D eigenvalue weighted by Crippen LogP contribution is -2.17. The fraction of sp³-hybridized carbons (Fsp3) is 0.600. The Labute approximate surface area is 104 Å². The first kappa shape index (κ1) is 12.6. The Morgan fingerprint density at radius 2 is 2.06 bits per heavy atom. The number of aromatic amines is 1. The minimum Gasteiger partial charge on any atom is -0.310 e. The number of aromatic nitrogens is 2. The van der Waals surface area contributed by atoms with E-state index in [1.165, 1.54) is 0 Å². The van der Waals surface area contributed by atoms with Crippen LogP contribution in [0.15, 0.2) is 9.27 Å². The molecule has 1 N–H and O–H groups in total. The third-order valence-corrected chi connectivity index (χ3v) is 3.31. The molecule has 2 rings (SSSR count). The highest BCUT2D eigenvalue weighted by molar-refractivity contribution is 9.10. The van der Waals surface area contributed by atoms with Gasteiger partial charge in [0.15, 0.2) is 0 Å². The van der Waals surface area contributed by atoms with E-state index in [2.05, 4.69) is 25.9 Å². The van der Waals surface area contributed by atoms with Gasteiger partial charge in [-0.2, -0.15) is 13.2 Å². The van der Waals surface area contributed by atoms with Gasteiger partial charge in [-0.05, 0) is 28.8 Å². The monoisotopic (exact) mass is 310 g/mol. The molecule has 0 atom stereocenters. The SMILES string of the molecule is O=c1[nH]c(CCC(F)(F)F)nc(C2CC2)c1Br. The summed E-state index contributed by atoms with van der Waals surface area (Å²) in [4.78, 5) is 17.9. The molecule has 0 aromatic carbocycles. The predicted molar refractivity (Wildman–Crippen MR) is 58.9 cm³/mol. The molecular weight excluding hydrogens is 301 g/mol. The van der Waals surface area contributed by atoms with Gasteiger partial charge in [0, 0.05) is 12.3 Å². The van der Waals surface area contributed by atoms with E-state index in [9.17, 15) is 18.0 Å². The Hall–Kier alpha value is -0.850. The molecule has 1 heterocycles. The highest BCUT2D eigenvalue weighted by Gasteiger charge is 2.30. The zero-order chi connectivity index (χ0) is 12.6. The molecule has 0 aliphatic heterocycles. The van der Waals surface area contributed by atoms with E-state index >= 15 is 0 Å². The number of H-pyrrole nitrogens is 1. The molecule has 94 valence electrons. The fourth-order valence-electron chi connectivity index (χ4n) is 1.53. The third kappa shape index (κ3) is 3.31. The topological polar surface area (TPSA) is 45.8 Å². The Kier molecular flexibility index (Phi) is 3.29. The van der Waals surface area contributed by atoms with Crippen molar-refractivity contribution >= 4 is 15.9 Å². The summed E-state index contributed by atoms with van der Waals surface area (Å²) in [6, 6.07) is 0. The van der Waals surface area contributed by atoms with Crippen LogP contribution in [0, 0.1) is 0 Å². The number of nitrogens with zero attached hydrogens (tertiary/aromatic N) is 1. The van der Waals surface area contributed by atoms with Crippen LogP contribution in [0.2, 0.25) is 0 Å². The Bertz CT molecular complexity index is 479. The van der Waals surface area contributed by atoms with Crippen molar-refractivity contribution < 1.29 is 13.2 Å². The normalized spacial score (nSPS) is 16.2. The number of nitrogens with one attached hydrogen (secondary N) is 1. The molecule has 0 spiro atoms. The molecular formula is C10H10BrF3N2O. The Balaban J connectivity index is 2.21. The van der Waals surface area contributed by atoms with E-state index in [-0.39, 0.29) is 18.2 Å². The van der Waals surface area contributed by atoms with Crippen molar-refractivity contribution in [3.05, 3.63) is 26.3 Å². The molecule has 7 heteroatoms. The highest BCUT2D eigenvalue weighted by atomic mass is 79.9. The van der Waals surface area contributed by atoms with Crippen LogP contribution in [0.1, 0.15) is 36.7 Å². The average Bonchev–Trinajstić information content (AvgIpc) is 3.02. The van der Waals surface area contributed by atoms with Gasteiger partial charge in [-0.1, -0.05) is 0 Å². The van der Waals surface area contributed by atoms with Crippen LogP contribution in [0.4, 0.5) is 13.2 Å². The van der Waals surface area contributed by atoms with Gasteiger partial charge in [-0.25, -0.2) is 4.98 Å². The summed E-state index contributed by atoms with van der Waals surface area (Å²) in [6.07, 6.45) is -3.61. The smallest absolute Gasteiger partial charge is 0.310 e. The fourth-order valence-corrected chi connectivity index (χ4v) is 2.04. The molecule has 1 aliphatic carbocycles. The van der Waals surface area contributed by atoms with Crippen molar-refractivity contribution in [3.63, 3.8) is 0 Å². The minimum absolute atomic E-state index is 0.109. The van der Waals surface area contributed by atoms with E-state index in [4.69, 9.17) is 0 Å². The first-order valence-corrected chi connectivity index (χ1v) is 6.01. The summed E-state index contributed by atoms with van der Waals surface area (Å²) in [5.41, 5.74) is 0.185. The zero-order valence-corrected chi connectivity index (χ0v) is 10.4. The predicted octanol–water partition coefficient (Wildman–Crippen LogP) is 2.90. The van der Waals surface area contributed by atoms with Crippen LogP contribution in [0.25, 0.3) is 0 Å². The van der Waals surface area contributed by atoms with Gasteiger partial charge in [0.2, 0.25) is 0 Å². The van der Waals surface area contributed by atoms with Crippen molar-refractivity contribution in [2.75, 3.05) is 0 Å². The third-order valence-electron chi connectivity index (χ3n) is 2.55. The van der Waals surface area contributed by atoms with Gasteiger partial charge < -0.3 is 4.98 Å². The van der Waals surface area contributed by atoms with Crippen molar-refractivity contribution in [1.82, 2.24) is 9.97 Å². The molecule has 3 nitrogen and oxygen atoms in total. The molecule has 1 aromatic heterocycles. The molecule has 17 heavy (non-hydrogen) atoms. The maximum atomic E-state index is 12.1. The largest absolute Gasteiger partial charge is 0.389 e. The first-order valence-electron chi connectivity index (χ1n) is 5.22. The van der Waals surface area contributed by atoms with Crippen LogP contribution in [0.5, 0.6) is 0 Å². The number of hydrogen-bond donors (Lipinski definition) is 1. The average molecular weight is 311 g/mol. The zero-order valence-electron chi connectivity index (χ0n) is 8.77. The summed E-state index contributed by atoms with van der Waals surface area (Å²) in [5.74, 6) is 0.328. The second-order valence-corrected chi connectivity index (χ2v) is 4.89. The van der Waals surface area contributed by atoms with Crippen LogP contribution >= 0.6 is 15.9 Å². The van der Waals surface area contributed by atoms with Gasteiger partial charge in [-0.3, -0.25) is 4.79 Å². The highest BCUT2D eigenvalue weighted by Crippen LogP contribution is 2.41. The van der Waals surface area contributed by atoms with Crippen LogP contribution < -0.4 is 5.56 Å². The van der Waals surface area contributed by atoms with Crippen LogP contribution in [-0.2, 0) is 6.42 Å². The van der Waals surface area contributed by atoms with E-state index < -0.39 is 18.2 Å². The number of rotatable bonds is 3. The van der Waals surface area contributed by atoms with E-state index in [0.29, 0.717) is 10.2 Å². The van der Waals surface area contributed by atoms with Crippen molar-refractivity contribution in [2.24, 2.45) is 0 Å². The van der Waals surface area contributed by atoms with Crippen molar-refractivity contribution in [3.8, 4) is 0 Å². The molecule has 0 unspecified atom stereocenters. The second kappa shape index (κ2) is 4.44. The lowest BCUT2D eigenvalue weighted by atomic mass is 10.2. The first-order chi connectivity index (χ1) is 7.87. The van der Waals surface area contributed by atoms with Crippen molar-refractivity contribution in [1.29, 1.82) is 0 Å². The summed E-state index contributed by atoms with van der Waals surface area (Å²) in [6.45, 7) is 0. The van der Waals surface area contributed by atoms with Gasteiger partial charge in [-0.15, -0.1) is 0 Å². The molecule has 0 bridgehead atoms. The summed E-state index contributed by atoms with van der Waals surface area (Å²) in [7, 11) is 0. The molecule has 0 amide bonds. The van der Waals surface area contributed by atoms with E-state index in [1.54, 1.807) is 0 Å². The molecule has 1 saturated carbocycles. The number of alkyl halides is 3. The van der Waals surface area contributed by atoms with Crippen molar-refractivity contribution in [2.45, 2.75) is 37.8 Å². The van der Waals surface area contributed by atoms with Crippen LogP contribution in [0.3, 0.4) is 0 Å². The number of halogens is 4. The Morgan fingerprint density at radius 3 is 2.59 bits per heavy atom. The molecule has 1 aromatic rings.